The Labute approximate surface area is 115 Å². The molecule has 0 spiro atoms. The molecule has 1 heterocycles. The van der Waals surface area contributed by atoms with E-state index < -0.39 is 11.7 Å². The van der Waals surface area contributed by atoms with Gasteiger partial charge in [-0.25, -0.2) is 4.79 Å². The van der Waals surface area contributed by atoms with Gasteiger partial charge in [0, 0.05) is 18.9 Å². The van der Waals surface area contributed by atoms with Crippen LogP contribution in [-0.4, -0.2) is 28.0 Å². The highest BCUT2D eigenvalue weighted by molar-refractivity contribution is 6.17. The molecule has 0 aliphatic carbocycles. The van der Waals surface area contributed by atoms with Crippen LogP contribution in [0.4, 0.5) is 5.69 Å². The largest absolute Gasteiger partial charge is 0.507 e. The lowest BCUT2D eigenvalue weighted by Gasteiger charge is -2.34. The number of anilines is 1. The molecular weight excluding hydrogens is 262 g/mol. The van der Waals surface area contributed by atoms with Crippen molar-refractivity contribution in [1.82, 2.24) is 0 Å². The third-order valence-electron chi connectivity index (χ3n) is 3.23. The van der Waals surface area contributed by atoms with Gasteiger partial charge in [0.15, 0.2) is 0 Å². The molecule has 2 amide bonds. The van der Waals surface area contributed by atoms with E-state index in [-0.39, 0.29) is 41.3 Å². The zero-order chi connectivity index (χ0) is 15.1. The van der Waals surface area contributed by atoms with Crippen LogP contribution in [0.1, 0.15) is 37.0 Å². The fourth-order valence-corrected chi connectivity index (χ4v) is 2.31. The molecule has 106 valence electrons. The lowest BCUT2D eigenvalue weighted by Crippen LogP contribution is -2.46. The maximum atomic E-state index is 12.1. The smallest absolute Gasteiger partial charge is 0.339 e. The second-order valence-corrected chi connectivity index (χ2v) is 5.65. The van der Waals surface area contributed by atoms with Crippen molar-refractivity contribution in [1.29, 1.82) is 0 Å². The summed E-state index contributed by atoms with van der Waals surface area (Å²) >= 11 is 0. The summed E-state index contributed by atoms with van der Waals surface area (Å²) in [5.74, 6) is -2.45. The Morgan fingerprint density at radius 3 is 2.20 bits per heavy atom. The predicted molar refractivity (Wildman–Crippen MR) is 70.6 cm³/mol. The summed E-state index contributed by atoms with van der Waals surface area (Å²) in [6.07, 6.45) is 0.445. The maximum Gasteiger partial charge on any atom is 0.339 e. The number of carbonyl (C=O) groups is 3. The van der Waals surface area contributed by atoms with E-state index in [1.807, 2.05) is 13.8 Å². The Kier molecular flexibility index (Phi) is 3.25. The van der Waals surface area contributed by atoms with Gasteiger partial charge < -0.3 is 10.2 Å². The molecule has 6 heteroatoms. The van der Waals surface area contributed by atoms with Gasteiger partial charge in [0.05, 0.1) is 5.69 Å². The van der Waals surface area contributed by atoms with Crippen LogP contribution in [0.25, 0.3) is 0 Å². The van der Waals surface area contributed by atoms with E-state index in [4.69, 9.17) is 5.11 Å². The fraction of sp³-hybridized carbons (Fsp3) is 0.357. The Morgan fingerprint density at radius 2 is 1.75 bits per heavy atom. The Balaban J connectivity index is 2.37. The number of carboxylic acids is 1. The second kappa shape index (κ2) is 4.63. The molecule has 1 aliphatic heterocycles. The average molecular weight is 277 g/mol. The van der Waals surface area contributed by atoms with E-state index in [1.165, 1.54) is 12.1 Å². The monoisotopic (exact) mass is 277 g/mol. The first-order chi connectivity index (χ1) is 9.21. The molecule has 0 saturated carbocycles. The van der Waals surface area contributed by atoms with Crippen LogP contribution in [0, 0.1) is 5.41 Å². The number of carbonyl (C=O) groups excluding carboxylic acids is 2. The third kappa shape index (κ3) is 2.49. The lowest BCUT2D eigenvalue weighted by molar-refractivity contribution is -0.132. The van der Waals surface area contributed by atoms with E-state index in [0.29, 0.717) is 0 Å². The quantitative estimate of drug-likeness (QED) is 0.803. The molecule has 0 unspecified atom stereocenters. The van der Waals surface area contributed by atoms with Gasteiger partial charge in [-0.05, 0) is 17.5 Å². The van der Waals surface area contributed by atoms with E-state index in [2.05, 4.69) is 0 Å². The minimum atomic E-state index is -1.27. The minimum Gasteiger partial charge on any atom is -0.507 e. The minimum absolute atomic E-state index is 0.193. The molecule has 1 aliphatic rings. The van der Waals surface area contributed by atoms with Gasteiger partial charge in [0.1, 0.15) is 11.3 Å². The maximum absolute atomic E-state index is 12.1. The second-order valence-electron chi connectivity index (χ2n) is 5.65. The summed E-state index contributed by atoms with van der Waals surface area (Å²) in [4.78, 5) is 35.9. The normalized spacial score (nSPS) is 18.2. The lowest BCUT2D eigenvalue weighted by atomic mass is 9.81. The number of aromatic carboxylic acids is 1. The number of piperidine rings is 1. The number of nitrogens with zero attached hydrogens (tertiary/aromatic N) is 1. The van der Waals surface area contributed by atoms with Crippen molar-refractivity contribution in [3.05, 3.63) is 23.8 Å². The van der Waals surface area contributed by atoms with Gasteiger partial charge in [0.25, 0.3) is 0 Å². The Bertz CT molecular complexity index is 586. The Hall–Kier alpha value is -2.37. The standard InChI is InChI=1S/C14H15NO5/c1-14(2)6-11(17)15(12(18)7-14)8-3-4-9(13(19)20)10(16)5-8/h3-5,16H,6-7H2,1-2H3,(H,19,20). The molecule has 20 heavy (non-hydrogen) atoms. The van der Waals surface area contributed by atoms with Crippen molar-refractivity contribution >= 4 is 23.5 Å². The number of carboxylic acid groups (broad SMARTS) is 1. The van der Waals surface area contributed by atoms with Crippen molar-refractivity contribution in [2.75, 3.05) is 4.90 Å². The highest BCUT2D eigenvalue weighted by Gasteiger charge is 2.38. The molecule has 2 rings (SSSR count). The van der Waals surface area contributed by atoms with Gasteiger partial charge in [0.2, 0.25) is 11.8 Å². The van der Waals surface area contributed by atoms with Crippen LogP contribution < -0.4 is 4.90 Å². The van der Waals surface area contributed by atoms with Crippen LogP contribution in [-0.2, 0) is 9.59 Å². The van der Waals surface area contributed by atoms with Crippen molar-refractivity contribution < 1.29 is 24.6 Å². The van der Waals surface area contributed by atoms with Gasteiger partial charge >= 0.3 is 5.97 Å². The molecule has 0 aromatic heterocycles. The van der Waals surface area contributed by atoms with Crippen molar-refractivity contribution in [2.45, 2.75) is 26.7 Å². The van der Waals surface area contributed by atoms with E-state index >= 15 is 0 Å². The highest BCUT2D eigenvalue weighted by Crippen LogP contribution is 2.35. The number of hydrogen-bond acceptors (Lipinski definition) is 4. The number of hydrogen-bond donors (Lipinski definition) is 2. The van der Waals surface area contributed by atoms with Crippen LogP contribution >= 0.6 is 0 Å². The molecule has 1 aromatic rings. The summed E-state index contributed by atoms with van der Waals surface area (Å²) in [5, 5.41) is 18.5. The summed E-state index contributed by atoms with van der Waals surface area (Å²) < 4.78 is 0. The van der Waals surface area contributed by atoms with Crippen molar-refractivity contribution in [3.63, 3.8) is 0 Å². The van der Waals surface area contributed by atoms with Crippen molar-refractivity contribution in [3.8, 4) is 5.75 Å². The van der Waals surface area contributed by atoms with Gasteiger partial charge in [-0.15, -0.1) is 0 Å². The molecule has 6 nitrogen and oxygen atoms in total. The first kappa shape index (κ1) is 14.0. The first-order valence-electron chi connectivity index (χ1n) is 6.13. The molecule has 1 saturated heterocycles. The SMILES string of the molecule is CC1(C)CC(=O)N(c2ccc(C(=O)O)c(O)c2)C(=O)C1. The van der Waals surface area contributed by atoms with Crippen LogP contribution in [0.15, 0.2) is 18.2 Å². The van der Waals surface area contributed by atoms with E-state index in [0.717, 1.165) is 11.0 Å². The van der Waals surface area contributed by atoms with E-state index in [9.17, 15) is 19.5 Å². The summed E-state index contributed by atoms with van der Waals surface area (Å²) in [6, 6.07) is 3.64. The number of phenols is 1. The molecule has 0 radical (unpaired) electrons. The number of aromatic hydroxyl groups is 1. The predicted octanol–water partition coefficient (Wildman–Crippen LogP) is 1.77. The van der Waals surface area contributed by atoms with Crippen molar-refractivity contribution in [2.24, 2.45) is 5.41 Å². The molecule has 0 bridgehead atoms. The van der Waals surface area contributed by atoms with Crippen LogP contribution in [0.5, 0.6) is 5.75 Å². The molecule has 2 N–H and O–H groups in total. The number of imide groups is 1. The average Bonchev–Trinajstić information content (AvgIpc) is 2.25. The van der Waals surface area contributed by atoms with Gasteiger partial charge in [-0.2, -0.15) is 0 Å². The van der Waals surface area contributed by atoms with Gasteiger partial charge in [-0.3, -0.25) is 14.5 Å². The zero-order valence-corrected chi connectivity index (χ0v) is 11.2. The van der Waals surface area contributed by atoms with Gasteiger partial charge in [-0.1, -0.05) is 13.8 Å². The molecule has 1 fully saturated rings. The number of amides is 2. The molecular formula is C14H15NO5. The van der Waals surface area contributed by atoms with E-state index in [1.54, 1.807) is 0 Å². The topological polar surface area (TPSA) is 94.9 Å². The molecule has 1 aromatic carbocycles. The number of benzene rings is 1. The molecule has 0 atom stereocenters. The highest BCUT2D eigenvalue weighted by atomic mass is 16.4. The summed E-state index contributed by atoms with van der Waals surface area (Å²) in [6.45, 7) is 3.68. The summed E-state index contributed by atoms with van der Waals surface area (Å²) in [5.41, 5.74) is -0.461. The zero-order valence-electron chi connectivity index (χ0n) is 11.2. The fourth-order valence-electron chi connectivity index (χ4n) is 2.31. The number of rotatable bonds is 2. The Morgan fingerprint density at radius 1 is 1.20 bits per heavy atom. The van der Waals surface area contributed by atoms with Crippen LogP contribution in [0.2, 0.25) is 0 Å². The first-order valence-corrected chi connectivity index (χ1v) is 6.13. The van der Waals surface area contributed by atoms with Crippen LogP contribution in [0.3, 0.4) is 0 Å². The third-order valence-corrected chi connectivity index (χ3v) is 3.23. The summed E-state index contributed by atoms with van der Waals surface area (Å²) in [7, 11) is 0.